The molecule has 0 atom stereocenters. The molecule has 0 spiro atoms. The van der Waals surface area contributed by atoms with Crippen LogP contribution >= 0.6 is 22.7 Å². The Morgan fingerprint density at radius 1 is 0.965 bits per heavy atom. The van der Waals surface area contributed by atoms with E-state index < -0.39 is 11.9 Å². The van der Waals surface area contributed by atoms with Gasteiger partial charge < -0.3 is 24.4 Å². The molecule has 0 unspecified atom stereocenters. The Kier molecular flexibility index (Phi) is 11.8. The van der Waals surface area contributed by atoms with Gasteiger partial charge in [0, 0.05) is 41.6 Å². The number of benzene rings is 3. The molecule has 0 radical (unpaired) electrons. The van der Waals surface area contributed by atoms with Crippen LogP contribution in [0.25, 0.3) is 10.2 Å². The Bertz CT molecular complexity index is 2280. The first-order chi connectivity index (χ1) is 27.8. The molecule has 0 bridgehead atoms. The number of carboxylic acids is 1. The fraction of sp³-hybridized carbons (Fsp3) is 0.386. The van der Waals surface area contributed by atoms with Gasteiger partial charge in [-0.2, -0.15) is 0 Å². The highest BCUT2D eigenvalue weighted by molar-refractivity contribution is 7.22. The van der Waals surface area contributed by atoms with Gasteiger partial charge in [0.1, 0.15) is 5.75 Å². The number of aryl methyl sites for hydroxylation is 1. The first kappa shape index (κ1) is 38.6. The number of nitrogens with one attached hydrogen (secondary N) is 1. The molecule has 2 aliphatic heterocycles. The highest BCUT2D eigenvalue weighted by Gasteiger charge is 2.36. The van der Waals surface area contributed by atoms with Gasteiger partial charge in [0.2, 0.25) is 0 Å². The summed E-state index contributed by atoms with van der Waals surface area (Å²) in [4.78, 5) is 52.4. The summed E-state index contributed by atoms with van der Waals surface area (Å²) in [5, 5.41) is 13.5. The maximum Gasteiger partial charge on any atom is 0.357 e. The molecule has 294 valence electrons. The molecule has 4 heterocycles. The zero-order valence-electron chi connectivity index (χ0n) is 31.9. The fourth-order valence-electron chi connectivity index (χ4n) is 7.98. The number of anilines is 2. The third-order valence-corrected chi connectivity index (χ3v) is 13.4. The lowest BCUT2D eigenvalue weighted by molar-refractivity contribution is -0.143. The van der Waals surface area contributed by atoms with E-state index in [0.717, 1.165) is 94.3 Å². The van der Waals surface area contributed by atoms with E-state index in [4.69, 9.17) is 14.5 Å². The van der Waals surface area contributed by atoms with Crippen molar-refractivity contribution in [1.29, 1.82) is 0 Å². The van der Waals surface area contributed by atoms with Gasteiger partial charge in [0.05, 0.1) is 29.9 Å². The number of fused-ring (bicyclic) bond motifs is 2. The standard InChI is InChI=1S/C44H45N5O6S2/c1-54-42(53)39-38(13-6-24-55-33-16-14-28(15-17-33)7-4-8-29-25-32(26-29)48-21-19-31(20-22-48)41(51)52)57-44(46-39)49-23-18-30-9-5-10-34(35(30)27-49)40(50)47-43-45-36-11-2-3-12-37(36)56-43/h2-3,5,9-12,14-17,29,31-32H,6,8,13,18-27H2,1H3,(H,51,52)(H,45,47,50). The highest BCUT2D eigenvalue weighted by atomic mass is 32.1. The van der Waals surface area contributed by atoms with Crippen LogP contribution in [0.4, 0.5) is 10.3 Å². The Morgan fingerprint density at radius 2 is 1.77 bits per heavy atom. The Morgan fingerprint density at radius 3 is 2.54 bits per heavy atom. The van der Waals surface area contributed by atoms with Gasteiger partial charge in [-0.3, -0.25) is 14.9 Å². The van der Waals surface area contributed by atoms with Gasteiger partial charge in [0.15, 0.2) is 16.0 Å². The quantitative estimate of drug-likeness (QED) is 0.0735. The number of carbonyl (C=O) groups is 3. The highest BCUT2D eigenvalue weighted by Crippen LogP contribution is 2.37. The number of thiazole rings is 2. The molecule has 1 amide bonds. The number of carboxylic acid groups (broad SMARTS) is 1. The average molecular weight is 804 g/mol. The van der Waals surface area contributed by atoms with E-state index in [9.17, 15) is 19.5 Å². The normalized spacial score (nSPS) is 18.2. The number of nitrogens with zero attached hydrogens (tertiary/aromatic N) is 4. The summed E-state index contributed by atoms with van der Waals surface area (Å²) in [6.45, 7) is 3.46. The van der Waals surface area contributed by atoms with Crippen molar-refractivity contribution in [2.75, 3.05) is 43.6 Å². The van der Waals surface area contributed by atoms with E-state index in [1.54, 1.807) is 0 Å². The molecule has 2 N–H and O–H groups in total. The molecule has 11 nitrogen and oxygen atoms in total. The molecule has 2 aromatic heterocycles. The van der Waals surface area contributed by atoms with Gasteiger partial charge in [-0.05, 0) is 118 Å². The van der Waals surface area contributed by atoms with Gasteiger partial charge in [-0.1, -0.05) is 47.4 Å². The predicted molar refractivity (Wildman–Crippen MR) is 222 cm³/mol. The van der Waals surface area contributed by atoms with Crippen LogP contribution in [0.3, 0.4) is 0 Å². The number of aliphatic carboxylic acids is 1. The summed E-state index contributed by atoms with van der Waals surface area (Å²) in [7, 11) is 1.37. The van der Waals surface area contributed by atoms with E-state index in [1.807, 2.05) is 60.7 Å². The minimum Gasteiger partial charge on any atom is -0.494 e. The van der Waals surface area contributed by atoms with Gasteiger partial charge in [-0.25, -0.2) is 14.8 Å². The van der Waals surface area contributed by atoms with Crippen molar-refractivity contribution in [3.63, 3.8) is 0 Å². The van der Waals surface area contributed by atoms with Crippen LogP contribution in [0.15, 0.2) is 66.7 Å². The second-order valence-electron chi connectivity index (χ2n) is 14.9. The predicted octanol–water partition coefficient (Wildman–Crippen LogP) is 7.68. The molecule has 3 aromatic carbocycles. The van der Waals surface area contributed by atoms with Crippen LogP contribution in [0, 0.1) is 23.7 Å². The molecule has 1 saturated heterocycles. The Hall–Kier alpha value is -5.29. The molecule has 57 heavy (non-hydrogen) atoms. The lowest BCUT2D eigenvalue weighted by Crippen LogP contribution is -2.48. The number of methoxy groups -OCH3 is 1. The number of carbonyl (C=O) groups excluding carboxylic acids is 2. The smallest absolute Gasteiger partial charge is 0.357 e. The van der Waals surface area contributed by atoms with Crippen molar-refractivity contribution in [3.8, 4) is 17.6 Å². The zero-order valence-corrected chi connectivity index (χ0v) is 33.5. The first-order valence-electron chi connectivity index (χ1n) is 19.6. The summed E-state index contributed by atoms with van der Waals surface area (Å²) in [5.41, 5.74) is 4.81. The lowest BCUT2D eigenvalue weighted by Gasteiger charge is -2.45. The third-order valence-electron chi connectivity index (χ3n) is 11.3. The molecular formula is C44H45N5O6S2. The number of ether oxygens (including phenoxy) is 2. The van der Waals surface area contributed by atoms with Crippen LogP contribution in [0.5, 0.6) is 5.75 Å². The second kappa shape index (κ2) is 17.5. The number of para-hydroxylation sites is 1. The SMILES string of the molecule is COC(=O)c1nc(N2CCc3cccc(C(=O)Nc4nc5ccccc5s4)c3C2)sc1CCCOc1ccc(C#CCC2CC(N3CCC(C(=O)O)CC3)C2)cc1. The maximum atomic E-state index is 13.5. The zero-order chi connectivity index (χ0) is 39.3. The van der Waals surface area contributed by atoms with Crippen molar-refractivity contribution < 1.29 is 29.0 Å². The van der Waals surface area contributed by atoms with E-state index >= 15 is 0 Å². The number of aromatic nitrogens is 2. The molecule has 1 aliphatic carbocycles. The second-order valence-corrected chi connectivity index (χ2v) is 17.0. The van der Waals surface area contributed by atoms with Crippen molar-refractivity contribution in [1.82, 2.24) is 14.9 Å². The van der Waals surface area contributed by atoms with Crippen LogP contribution in [0.1, 0.15) is 80.9 Å². The monoisotopic (exact) mass is 803 g/mol. The topological polar surface area (TPSA) is 134 Å². The van der Waals surface area contributed by atoms with Crippen LogP contribution in [-0.2, 0) is 28.9 Å². The Balaban J connectivity index is 0.821. The molecule has 2 fully saturated rings. The molecule has 1 saturated carbocycles. The molecular weight excluding hydrogens is 759 g/mol. The van der Waals surface area contributed by atoms with Crippen molar-refractivity contribution in [2.24, 2.45) is 11.8 Å². The minimum atomic E-state index is -0.656. The fourth-order valence-corrected chi connectivity index (χ4v) is 9.95. The summed E-state index contributed by atoms with van der Waals surface area (Å²) in [6, 6.07) is 22.1. The maximum absolute atomic E-state index is 13.5. The summed E-state index contributed by atoms with van der Waals surface area (Å²) >= 11 is 2.94. The first-order valence-corrected chi connectivity index (χ1v) is 21.2. The molecule has 5 aromatic rings. The van der Waals surface area contributed by atoms with E-state index in [0.29, 0.717) is 60.9 Å². The van der Waals surface area contributed by atoms with Gasteiger partial charge in [-0.15, -0.1) is 11.3 Å². The van der Waals surface area contributed by atoms with E-state index in [2.05, 4.69) is 38.0 Å². The van der Waals surface area contributed by atoms with Crippen molar-refractivity contribution in [3.05, 3.63) is 99.6 Å². The number of esters is 1. The van der Waals surface area contributed by atoms with Crippen LogP contribution in [-0.4, -0.2) is 77.2 Å². The Labute approximate surface area is 340 Å². The number of rotatable bonds is 12. The van der Waals surface area contributed by atoms with Gasteiger partial charge >= 0.3 is 11.9 Å². The number of hydrogen-bond donors (Lipinski definition) is 2. The van der Waals surface area contributed by atoms with Gasteiger partial charge in [0.25, 0.3) is 5.91 Å². The minimum absolute atomic E-state index is 0.180. The van der Waals surface area contributed by atoms with E-state index in [-0.39, 0.29) is 11.8 Å². The number of likely N-dealkylation sites (tertiary alicyclic amines) is 1. The summed E-state index contributed by atoms with van der Waals surface area (Å²) in [6.07, 6.45) is 6.72. The number of hydrogen-bond acceptors (Lipinski definition) is 11. The summed E-state index contributed by atoms with van der Waals surface area (Å²) in [5.74, 6) is 6.52. The molecule has 13 heteroatoms. The van der Waals surface area contributed by atoms with Crippen molar-refractivity contribution in [2.45, 2.75) is 64.0 Å². The van der Waals surface area contributed by atoms with Crippen LogP contribution < -0.4 is 15.0 Å². The summed E-state index contributed by atoms with van der Waals surface area (Å²) < 4.78 is 12.2. The third kappa shape index (κ3) is 8.99. The largest absolute Gasteiger partial charge is 0.494 e. The lowest BCUT2D eigenvalue weighted by atomic mass is 9.76. The molecule has 3 aliphatic rings. The van der Waals surface area contributed by atoms with Crippen molar-refractivity contribution >= 4 is 61.0 Å². The number of piperidine rings is 1. The average Bonchev–Trinajstić information content (AvgIpc) is 3.84. The number of amides is 1. The van der Waals surface area contributed by atoms with E-state index in [1.165, 1.54) is 29.8 Å². The molecule has 8 rings (SSSR count). The van der Waals surface area contributed by atoms with Crippen LogP contribution in [0.2, 0.25) is 0 Å².